The molecule has 1 aromatic heterocycles. The van der Waals surface area contributed by atoms with Crippen LogP contribution in [0.2, 0.25) is 10.0 Å². The predicted molar refractivity (Wildman–Crippen MR) is 78.1 cm³/mol. The van der Waals surface area contributed by atoms with Gasteiger partial charge in [0.1, 0.15) is 0 Å². The molecule has 1 rings (SSSR count). The van der Waals surface area contributed by atoms with Gasteiger partial charge in [-0.15, -0.1) is 0 Å². The van der Waals surface area contributed by atoms with Crippen molar-refractivity contribution in [2.24, 2.45) is 0 Å². The average Bonchev–Trinajstić information content (AvgIpc) is 2.16. The van der Waals surface area contributed by atoms with Crippen molar-refractivity contribution in [3.05, 3.63) is 21.8 Å². The lowest BCUT2D eigenvalue weighted by Crippen LogP contribution is -2.43. The van der Waals surface area contributed by atoms with Gasteiger partial charge in [-0.25, -0.2) is 4.98 Å². The number of nitrogens with one attached hydrogen (secondary N) is 2. The maximum absolute atomic E-state index is 6.12. The summed E-state index contributed by atoms with van der Waals surface area (Å²) in [6, 6.07) is 0. The summed E-state index contributed by atoms with van der Waals surface area (Å²) in [6.07, 6.45) is 1.55. The molecule has 0 saturated carbocycles. The standard InChI is InChI=1S/C11H15Cl2N3S/c1-6-7(12)5-14-9(8(6)13)15-10(17)16-11(2,3)4/h5H,1-4H3,(H2,14,15,16,17). The van der Waals surface area contributed by atoms with Gasteiger partial charge < -0.3 is 10.6 Å². The number of thiocarbonyl (C=S) groups is 1. The molecule has 2 N–H and O–H groups in total. The molecule has 94 valence electrons. The van der Waals surface area contributed by atoms with Crippen molar-refractivity contribution in [2.45, 2.75) is 33.2 Å². The maximum Gasteiger partial charge on any atom is 0.172 e. The second-order valence-electron chi connectivity index (χ2n) is 4.72. The van der Waals surface area contributed by atoms with E-state index in [0.717, 1.165) is 5.56 Å². The van der Waals surface area contributed by atoms with Gasteiger partial charge >= 0.3 is 0 Å². The summed E-state index contributed by atoms with van der Waals surface area (Å²) in [4.78, 5) is 4.11. The quantitative estimate of drug-likeness (QED) is 0.772. The summed E-state index contributed by atoms with van der Waals surface area (Å²) in [7, 11) is 0. The van der Waals surface area contributed by atoms with Crippen LogP contribution < -0.4 is 10.6 Å². The molecule has 0 amide bonds. The molecule has 3 nitrogen and oxygen atoms in total. The molecule has 0 spiro atoms. The SMILES string of the molecule is Cc1c(Cl)cnc(NC(=S)NC(C)(C)C)c1Cl. The molecular weight excluding hydrogens is 277 g/mol. The Morgan fingerprint density at radius 3 is 2.47 bits per heavy atom. The average molecular weight is 292 g/mol. The fourth-order valence-electron chi connectivity index (χ4n) is 1.12. The molecule has 0 aliphatic rings. The first-order chi connectivity index (χ1) is 7.70. The molecular formula is C11H15Cl2N3S. The summed E-state index contributed by atoms with van der Waals surface area (Å²) < 4.78 is 0. The Morgan fingerprint density at radius 2 is 1.94 bits per heavy atom. The Balaban J connectivity index is 2.83. The van der Waals surface area contributed by atoms with Gasteiger partial charge in [0.25, 0.3) is 0 Å². The second-order valence-corrected chi connectivity index (χ2v) is 5.92. The third kappa shape index (κ3) is 4.30. The predicted octanol–water partition coefficient (Wildman–Crippen LogP) is 3.78. The molecule has 0 unspecified atom stereocenters. The minimum atomic E-state index is -0.113. The van der Waals surface area contributed by atoms with Gasteiger partial charge in [0.2, 0.25) is 0 Å². The van der Waals surface area contributed by atoms with Gasteiger partial charge in [0.15, 0.2) is 10.9 Å². The summed E-state index contributed by atoms with van der Waals surface area (Å²) in [6.45, 7) is 7.88. The lowest BCUT2D eigenvalue weighted by Gasteiger charge is -2.23. The Hall–Kier alpha value is -0.580. The highest BCUT2D eigenvalue weighted by Crippen LogP contribution is 2.28. The highest BCUT2D eigenvalue weighted by molar-refractivity contribution is 7.80. The Bertz CT molecular complexity index is 441. The molecule has 0 bridgehead atoms. The van der Waals surface area contributed by atoms with Crippen molar-refractivity contribution < 1.29 is 0 Å². The van der Waals surface area contributed by atoms with Crippen molar-refractivity contribution >= 4 is 46.4 Å². The topological polar surface area (TPSA) is 37.0 Å². The van der Waals surface area contributed by atoms with Crippen LogP contribution in [0.25, 0.3) is 0 Å². The number of anilines is 1. The van der Waals surface area contributed by atoms with Gasteiger partial charge in [-0.05, 0) is 45.5 Å². The Labute approximate surface area is 117 Å². The van der Waals surface area contributed by atoms with Crippen molar-refractivity contribution in [1.29, 1.82) is 0 Å². The molecule has 1 heterocycles. The van der Waals surface area contributed by atoms with Gasteiger partial charge in [-0.3, -0.25) is 0 Å². The van der Waals surface area contributed by atoms with E-state index in [1.165, 1.54) is 0 Å². The van der Waals surface area contributed by atoms with E-state index in [1.54, 1.807) is 6.20 Å². The number of rotatable bonds is 1. The second kappa shape index (κ2) is 5.38. The molecule has 0 aliphatic heterocycles. The van der Waals surface area contributed by atoms with Crippen LogP contribution in [-0.4, -0.2) is 15.6 Å². The van der Waals surface area contributed by atoms with E-state index >= 15 is 0 Å². The fraction of sp³-hybridized carbons (Fsp3) is 0.455. The summed E-state index contributed by atoms with van der Waals surface area (Å²) in [5.41, 5.74) is 0.669. The number of pyridine rings is 1. The van der Waals surface area contributed by atoms with E-state index < -0.39 is 0 Å². The first-order valence-corrected chi connectivity index (χ1v) is 6.27. The molecule has 0 fully saturated rings. The zero-order valence-electron chi connectivity index (χ0n) is 10.2. The zero-order chi connectivity index (χ0) is 13.2. The Kier molecular flexibility index (Phi) is 4.58. The number of nitrogens with zero attached hydrogens (tertiary/aromatic N) is 1. The lowest BCUT2D eigenvalue weighted by atomic mass is 10.1. The molecule has 0 aliphatic carbocycles. The summed E-state index contributed by atoms with van der Waals surface area (Å²) in [5, 5.41) is 7.57. The van der Waals surface area contributed by atoms with Crippen LogP contribution in [-0.2, 0) is 0 Å². The van der Waals surface area contributed by atoms with Gasteiger partial charge in [0, 0.05) is 11.7 Å². The fourth-order valence-corrected chi connectivity index (χ4v) is 1.92. The zero-order valence-corrected chi connectivity index (χ0v) is 12.5. The number of halogens is 2. The molecule has 0 saturated heterocycles. The molecule has 0 aromatic carbocycles. The Morgan fingerprint density at radius 1 is 1.35 bits per heavy atom. The first-order valence-electron chi connectivity index (χ1n) is 5.10. The monoisotopic (exact) mass is 291 g/mol. The highest BCUT2D eigenvalue weighted by atomic mass is 35.5. The van der Waals surface area contributed by atoms with E-state index in [1.807, 2.05) is 27.7 Å². The highest BCUT2D eigenvalue weighted by Gasteiger charge is 2.14. The van der Waals surface area contributed by atoms with E-state index in [-0.39, 0.29) is 5.54 Å². The molecule has 1 aromatic rings. The van der Waals surface area contributed by atoms with Crippen molar-refractivity contribution in [2.75, 3.05) is 5.32 Å². The molecule has 0 radical (unpaired) electrons. The van der Waals surface area contributed by atoms with Gasteiger partial charge in [-0.2, -0.15) is 0 Å². The van der Waals surface area contributed by atoms with Crippen LogP contribution in [0.3, 0.4) is 0 Å². The lowest BCUT2D eigenvalue weighted by molar-refractivity contribution is 0.515. The third-order valence-electron chi connectivity index (χ3n) is 1.92. The number of hydrogen-bond acceptors (Lipinski definition) is 2. The van der Waals surface area contributed by atoms with Crippen molar-refractivity contribution in [1.82, 2.24) is 10.3 Å². The van der Waals surface area contributed by atoms with Crippen LogP contribution in [0.15, 0.2) is 6.20 Å². The van der Waals surface area contributed by atoms with Crippen LogP contribution in [0.4, 0.5) is 5.82 Å². The third-order valence-corrected chi connectivity index (χ3v) is 2.97. The molecule has 6 heteroatoms. The normalized spacial score (nSPS) is 11.2. The van der Waals surface area contributed by atoms with Crippen LogP contribution in [0, 0.1) is 6.92 Å². The molecule has 0 atom stereocenters. The minimum Gasteiger partial charge on any atom is -0.358 e. The van der Waals surface area contributed by atoms with Crippen LogP contribution in [0.5, 0.6) is 0 Å². The number of aromatic nitrogens is 1. The smallest absolute Gasteiger partial charge is 0.172 e. The van der Waals surface area contributed by atoms with Crippen LogP contribution >= 0.6 is 35.4 Å². The summed E-state index contributed by atoms with van der Waals surface area (Å²) in [5.74, 6) is 0.510. The van der Waals surface area contributed by atoms with E-state index in [9.17, 15) is 0 Å². The van der Waals surface area contributed by atoms with E-state index in [2.05, 4.69) is 15.6 Å². The van der Waals surface area contributed by atoms with Crippen molar-refractivity contribution in [3.8, 4) is 0 Å². The maximum atomic E-state index is 6.12. The molecule has 17 heavy (non-hydrogen) atoms. The van der Waals surface area contributed by atoms with E-state index in [4.69, 9.17) is 35.4 Å². The number of hydrogen-bond donors (Lipinski definition) is 2. The summed E-state index contributed by atoms with van der Waals surface area (Å²) >= 11 is 17.2. The largest absolute Gasteiger partial charge is 0.358 e. The van der Waals surface area contributed by atoms with Crippen LogP contribution in [0.1, 0.15) is 26.3 Å². The van der Waals surface area contributed by atoms with Gasteiger partial charge in [-0.1, -0.05) is 23.2 Å². The van der Waals surface area contributed by atoms with Gasteiger partial charge in [0.05, 0.1) is 10.0 Å². The van der Waals surface area contributed by atoms with E-state index in [0.29, 0.717) is 21.0 Å². The van der Waals surface area contributed by atoms with Crippen molar-refractivity contribution in [3.63, 3.8) is 0 Å². The minimum absolute atomic E-state index is 0.113. The first kappa shape index (κ1) is 14.5.